The Morgan fingerprint density at radius 1 is 1.39 bits per heavy atom. The van der Waals surface area contributed by atoms with Crippen molar-refractivity contribution < 1.29 is 4.74 Å². The number of halogens is 2. The lowest BCUT2D eigenvalue weighted by Gasteiger charge is -2.09. The Bertz CT molecular complexity index is 551. The molecule has 0 bridgehead atoms. The van der Waals surface area contributed by atoms with Crippen molar-refractivity contribution in [2.75, 3.05) is 11.9 Å². The lowest BCUT2D eigenvalue weighted by Crippen LogP contribution is -1.97. The molecule has 6 heteroatoms. The number of nitrogens with one attached hydrogen (secondary N) is 1. The fourth-order valence-corrected chi connectivity index (χ4v) is 1.84. The van der Waals surface area contributed by atoms with E-state index in [2.05, 4.69) is 31.2 Å². The van der Waals surface area contributed by atoms with Crippen LogP contribution in [-0.2, 0) is 0 Å². The maximum absolute atomic E-state index is 5.90. The first-order chi connectivity index (χ1) is 8.70. The second-order valence-electron chi connectivity index (χ2n) is 3.41. The van der Waals surface area contributed by atoms with Gasteiger partial charge in [-0.2, -0.15) is 0 Å². The van der Waals surface area contributed by atoms with Crippen LogP contribution in [0.1, 0.15) is 6.92 Å². The molecule has 1 aromatic carbocycles. The Labute approximate surface area is 118 Å². The average Bonchev–Trinajstić information content (AvgIpc) is 2.36. The first-order valence-electron chi connectivity index (χ1n) is 5.36. The highest BCUT2D eigenvalue weighted by Crippen LogP contribution is 2.29. The van der Waals surface area contributed by atoms with Crippen molar-refractivity contribution in [3.8, 4) is 5.75 Å². The zero-order valence-electron chi connectivity index (χ0n) is 9.65. The molecule has 0 saturated carbocycles. The van der Waals surface area contributed by atoms with Crippen LogP contribution in [0.25, 0.3) is 0 Å². The minimum atomic E-state index is 0.369. The molecule has 0 radical (unpaired) electrons. The molecule has 2 rings (SSSR count). The lowest BCUT2D eigenvalue weighted by molar-refractivity contribution is 0.340. The van der Waals surface area contributed by atoms with Gasteiger partial charge in [-0.15, -0.1) is 0 Å². The zero-order chi connectivity index (χ0) is 13.0. The van der Waals surface area contributed by atoms with Gasteiger partial charge < -0.3 is 10.1 Å². The van der Waals surface area contributed by atoms with Gasteiger partial charge in [0, 0.05) is 11.8 Å². The molecule has 0 unspecified atom stereocenters. The van der Waals surface area contributed by atoms with Crippen molar-refractivity contribution in [2.45, 2.75) is 6.92 Å². The topological polar surface area (TPSA) is 47.0 Å². The van der Waals surface area contributed by atoms with Crippen molar-refractivity contribution in [1.82, 2.24) is 9.97 Å². The molecule has 1 N–H and O–H groups in total. The molecule has 1 aromatic heterocycles. The quantitative estimate of drug-likeness (QED) is 0.861. The van der Waals surface area contributed by atoms with Gasteiger partial charge in [0.2, 0.25) is 0 Å². The summed E-state index contributed by atoms with van der Waals surface area (Å²) in [5.41, 5.74) is 0.872. The molecule has 0 aliphatic carbocycles. The van der Waals surface area contributed by atoms with Crippen LogP contribution >= 0.6 is 27.5 Å². The van der Waals surface area contributed by atoms with Crippen molar-refractivity contribution in [1.29, 1.82) is 0 Å². The van der Waals surface area contributed by atoms with E-state index in [-0.39, 0.29) is 0 Å². The fourth-order valence-electron chi connectivity index (χ4n) is 1.40. The first-order valence-corrected chi connectivity index (χ1v) is 6.53. The van der Waals surface area contributed by atoms with E-state index < -0.39 is 0 Å². The summed E-state index contributed by atoms with van der Waals surface area (Å²) in [6.07, 6.45) is 1.40. The second kappa shape index (κ2) is 6.02. The molecule has 0 aliphatic heterocycles. The van der Waals surface area contributed by atoms with Gasteiger partial charge in [-0.05, 0) is 35.0 Å². The van der Waals surface area contributed by atoms with Crippen LogP contribution in [0, 0.1) is 0 Å². The van der Waals surface area contributed by atoms with Gasteiger partial charge in [-0.1, -0.05) is 17.7 Å². The zero-order valence-corrected chi connectivity index (χ0v) is 12.0. The fraction of sp³-hybridized carbons (Fsp3) is 0.167. The number of benzene rings is 1. The largest absolute Gasteiger partial charge is 0.494 e. The minimum Gasteiger partial charge on any atom is -0.494 e. The smallest absolute Gasteiger partial charge is 0.149 e. The number of hydrogen-bond acceptors (Lipinski definition) is 4. The summed E-state index contributed by atoms with van der Waals surface area (Å²) in [5.74, 6) is 1.42. The van der Waals surface area contributed by atoms with Gasteiger partial charge in [0.05, 0.1) is 11.1 Å². The van der Waals surface area contributed by atoms with Crippen molar-refractivity contribution >= 4 is 39.0 Å². The molecule has 0 atom stereocenters. The maximum atomic E-state index is 5.90. The number of nitrogens with zero attached hydrogens (tertiary/aromatic N) is 2. The molecule has 0 spiro atoms. The van der Waals surface area contributed by atoms with E-state index in [0.717, 1.165) is 11.4 Å². The molecule has 0 saturated heterocycles. The predicted octanol–water partition coefficient (Wildman–Crippen LogP) is 4.03. The molecule has 18 heavy (non-hydrogen) atoms. The van der Waals surface area contributed by atoms with Crippen LogP contribution in [0.2, 0.25) is 5.15 Å². The van der Waals surface area contributed by atoms with E-state index in [0.29, 0.717) is 22.1 Å². The van der Waals surface area contributed by atoms with Crippen LogP contribution in [0.3, 0.4) is 0 Å². The lowest BCUT2D eigenvalue weighted by atomic mass is 10.3. The minimum absolute atomic E-state index is 0.369. The summed E-state index contributed by atoms with van der Waals surface area (Å²) in [6, 6.07) is 7.62. The second-order valence-corrected chi connectivity index (χ2v) is 4.56. The molecule has 1 heterocycles. The maximum Gasteiger partial charge on any atom is 0.149 e. The Hall–Kier alpha value is -1.33. The Morgan fingerprint density at radius 2 is 2.22 bits per heavy atom. The van der Waals surface area contributed by atoms with Crippen LogP contribution < -0.4 is 10.1 Å². The molecule has 0 fully saturated rings. The van der Waals surface area contributed by atoms with Gasteiger partial charge >= 0.3 is 0 Å². The monoisotopic (exact) mass is 327 g/mol. The molecule has 4 nitrogen and oxygen atoms in total. The van der Waals surface area contributed by atoms with Crippen molar-refractivity contribution in [2.24, 2.45) is 0 Å². The molecular formula is C12H11BrClN3O. The third-order valence-corrected chi connectivity index (χ3v) is 3.42. The number of rotatable bonds is 4. The highest BCUT2D eigenvalue weighted by molar-refractivity contribution is 9.10. The van der Waals surface area contributed by atoms with Crippen LogP contribution in [0.15, 0.2) is 35.1 Å². The number of hydrogen-bond donors (Lipinski definition) is 1. The normalized spacial score (nSPS) is 10.2. The third-order valence-electron chi connectivity index (χ3n) is 2.15. The highest BCUT2D eigenvalue weighted by Gasteiger charge is 2.07. The number of ether oxygens (including phenoxy) is 1. The van der Waals surface area contributed by atoms with Gasteiger partial charge in [0.25, 0.3) is 0 Å². The SMILES string of the molecule is CCOc1cccc(Nc2ncnc(Cl)c2Br)c1. The van der Waals surface area contributed by atoms with Crippen LogP contribution in [0.5, 0.6) is 5.75 Å². The van der Waals surface area contributed by atoms with E-state index >= 15 is 0 Å². The number of aromatic nitrogens is 2. The Balaban J connectivity index is 2.23. The average molecular weight is 329 g/mol. The van der Waals surface area contributed by atoms with Gasteiger partial charge in [0.1, 0.15) is 23.0 Å². The molecule has 0 aliphatic rings. The van der Waals surface area contributed by atoms with E-state index in [9.17, 15) is 0 Å². The summed E-state index contributed by atoms with van der Waals surface area (Å²) in [4.78, 5) is 7.99. The van der Waals surface area contributed by atoms with Crippen molar-refractivity contribution in [3.63, 3.8) is 0 Å². The van der Waals surface area contributed by atoms with Crippen LogP contribution in [-0.4, -0.2) is 16.6 Å². The Morgan fingerprint density at radius 3 is 3.00 bits per heavy atom. The van der Waals surface area contributed by atoms with Gasteiger partial charge in [0.15, 0.2) is 0 Å². The van der Waals surface area contributed by atoms with Crippen LogP contribution in [0.4, 0.5) is 11.5 Å². The third kappa shape index (κ3) is 3.11. The first kappa shape index (κ1) is 13.1. The summed E-state index contributed by atoms with van der Waals surface area (Å²) in [5, 5.41) is 3.52. The van der Waals surface area contributed by atoms with Gasteiger partial charge in [-0.3, -0.25) is 0 Å². The van der Waals surface area contributed by atoms with Gasteiger partial charge in [-0.25, -0.2) is 9.97 Å². The van der Waals surface area contributed by atoms with E-state index in [1.54, 1.807) is 0 Å². The summed E-state index contributed by atoms with van der Waals surface area (Å²) >= 11 is 9.23. The molecule has 94 valence electrons. The number of anilines is 2. The molecule has 2 aromatic rings. The van der Waals surface area contributed by atoms with E-state index in [1.807, 2.05) is 31.2 Å². The van der Waals surface area contributed by atoms with E-state index in [4.69, 9.17) is 16.3 Å². The van der Waals surface area contributed by atoms with E-state index in [1.165, 1.54) is 6.33 Å². The molecular weight excluding hydrogens is 318 g/mol. The summed E-state index contributed by atoms with van der Waals surface area (Å²) in [7, 11) is 0. The van der Waals surface area contributed by atoms with Crippen molar-refractivity contribution in [3.05, 3.63) is 40.2 Å². The summed E-state index contributed by atoms with van der Waals surface area (Å²) in [6.45, 7) is 2.58. The highest BCUT2D eigenvalue weighted by atomic mass is 79.9. The summed E-state index contributed by atoms with van der Waals surface area (Å²) < 4.78 is 6.06. The standard InChI is InChI=1S/C12H11BrClN3O/c1-2-18-9-5-3-4-8(6-9)17-12-10(13)11(14)15-7-16-12/h3-7H,2H2,1H3,(H,15,16,17). The predicted molar refractivity (Wildman–Crippen MR) is 75.6 cm³/mol. The Kier molecular flexibility index (Phi) is 4.38. The molecule has 0 amide bonds.